The van der Waals surface area contributed by atoms with Crippen LogP contribution in [0, 0.1) is 0 Å². The molecule has 7 heteroatoms. The van der Waals surface area contributed by atoms with Gasteiger partial charge >= 0.3 is 0 Å². The lowest BCUT2D eigenvalue weighted by Crippen LogP contribution is -2.38. The smallest absolute Gasteiger partial charge is 0.255 e. The molecule has 136 valence electrons. The summed E-state index contributed by atoms with van der Waals surface area (Å²) in [6, 6.07) is 7.56. The number of carbonyl (C=O) groups is 2. The summed E-state index contributed by atoms with van der Waals surface area (Å²) in [6.07, 6.45) is 5.90. The largest absolute Gasteiger partial charge is 0.366 e. The summed E-state index contributed by atoms with van der Waals surface area (Å²) in [5, 5.41) is 3.22. The highest BCUT2D eigenvalue weighted by molar-refractivity contribution is 5.94. The zero-order valence-electron chi connectivity index (χ0n) is 15.1. The van der Waals surface area contributed by atoms with Crippen molar-refractivity contribution in [1.29, 1.82) is 0 Å². The summed E-state index contributed by atoms with van der Waals surface area (Å²) in [5.41, 5.74) is 1.67. The Morgan fingerprint density at radius 3 is 2.69 bits per heavy atom. The number of carbonyl (C=O) groups excluding carboxylic acids is 2. The molecule has 0 spiro atoms. The molecule has 7 nitrogen and oxygen atoms in total. The van der Waals surface area contributed by atoms with Gasteiger partial charge in [-0.1, -0.05) is 0 Å². The van der Waals surface area contributed by atoms with E-state index in [1.807, 2.05) is 18.2 Å². The predicted molar refractivity (Wildman–Crippen MR) is 98.6 cm³/mol. The Labute approximate surface area is 153 Å². The van der Waals surface area contributed by atoms with Crippen LogP contribution in [0.2, 0.25) is 0 Å². The average Bonchev–Trinajstić information content (AvgIpc) is 3.16. The molecule has 3 rings (SSSR count). The van der Waals surface area contributed by atoms with Crippen molar-refractivity contribution in [2.45, 2.75) is 25.9 Å². The number of likely N-dealkylation sites (N-methyl/N-ethyl adjacent to an activating group) is 1. The Bertz CT molecular complexity index is 763. The van der Waals surface area contributed by atoms with Gasteiger partial charge in [0.2, 0.25) is 5.91 Å². The van der Waals surface area contributed by atoms with Crippen LogP contribution in [0.4, 0.5) is 5.82 Å². The molecule has 1 N–H and O–H groups in total. The molecule has 2 aromatic rings. The number of aromatic nitrogens is 2. The molecule has 0 aliphatic carbocycles. The van der Waals surface area contributed by atoms with Crippen molar-refractivity contribution in [3.8, 4) is 0 Å². The molecule has 2 aromatic heterocycles. The highest BCUT2D eigenvalue weighted by atomic mass is 16.2. The molecule has 1 aliphatic rings. The van der Waals surface area contributed by atoms with E-state index in [-0.39, 0.29) is 17.9 Å². The van der Waals surface area contributed by atoms with Crippen LogP contribution >= 0.6 is 0 Å². The minimum atomic E-state index is -0.0439. The zero-order chi connectivity index (χ0) is 18.5. The van der Waals surface area contributed by atoms with Crippen LogP contribution in [0.15, 0.2) is 42.9 Å². The van der Waals surface area contributed by atoms with Gasteiger partial charge in [0, 0.05) is 52.2 Å². The second-order valence-corrected chi connectivity index (χ2v) is 6.46. The number of amides is 2. The number of nitrogens with zero attached hydrogens (tertiary/aromatic N) is 4. The molecule has 26 heavy (non-hydrogen) atoms. The molecule has 0 unspecified atom stereocenters. The van der Waals surface area contributed by atoms with E-state index < -0.39 is 0 Å². The summed E-state index contributed by atoms with van der Waals surface area (Å²) in [4.78, 5) is 35.9. The summed E-state index contributed by atoms with van der Waals surface area (Å²) in [7, 11) is 1.78. The maximum atomic E-state index is 12.6. The van der Waals surface area contributed by atoms with Crippen molar-refractivity contribution >= 4 is 17.6 Å². The fourth-order valence-electron chi connectivity index (χ4n) is 3.00. The number of rotatable bonds is 5. The predicted octanol–water partition coefficient (Wildman–Crippen LogP) is 1.78. The average molecular weight is 353 g/mol. The van der Waals surface area contributed by atoms with Gasteiger partial charge in [-0.2, -0.15) is 0 Å². The lowest BCUT2D eigenvalue weighted by molar-refractivity contribution is -0.129. The maximum absolute atomic E-state index is 12.6. The molecule has 1 atom stereocenters. The summed E-state index contributed by atoms with van der Waals surface area (Å²) in [6.45, 7) is 3.42. The van der Waals surface area contributed by atoms with Crippen molar-refractivity contribution in [2.75, 3.05) is 25.5 Å². The number of hydrogen-bond donors (Lipinski definition) is 1. The molecule has 3 heterocycles. The molecule has 0 radical (unpaired) electrons. The second kappa shape index (κ2) is 7.95. The molecule has 1 fully saturated rings. The molecule has 1 saturated heterocycles. The van der Waals surface area contributed by atoms with Gasteiger partial charge in [-0.3, -0.25) is 14.6 Å². The quantitative estimate of drug-likeness (QED) is 0.886. The minimum Gasteiger partial charge on any atom is -0.366 e. The molecule has 0 saturated carbocycles. The van der Waals surface area contributed by atoms with E-state index in [0.29, 0.717) is 31.0 Å². The van der Waals surface area contributed by atoms with E-state index in [0.717, 1.165) is 12.0 Å². The van der Waals surface area contributed by atoms with E-state index in [1.54, 1.807) is 48.4 Å². The first-order chi connectivity index (χ1) is 12.5. The second-order valence-electron chi connectivity index (χ2n) is 6.46. The van der Waals surface area contributed by atoms with Gasteiger partial charge in [-0.25, -0.2) is 4.98 Å². The highest BCUT2D eigenvalue weighted by Gasteiger charge is 2.30. The lowest BCUT2D eigenvalue weighted by Gasteiger charge is -2.23. The van der Waals surface area contributed by atoms with Gasteiger partial charge in [-0.05, 0) is 36.2 Å². The first kappa shape index (κ1) is 17.8. The third kappa shape index (κ3) is 4.17. The number of anilines is 1. The summed E-state index contributed by atoms with van der Waals surface area (Å²) >= 11 is 0. The third-order valence-corrected chi connectivity index (χ3v) is 4.73. The fraction of sp³-hybridized carbons (Fsp3) is 0.368. The van der Waals surface area contributed by atoms with E-state index >= 15 is 0 Å². The zero-order valence-corrected chi connectivity index (χ0v) is 15.1. The van der Waals surface area contributed by atoms with Gasteiger partial charge < -0.3 is 15.1 Å². The lowest BCUT2D eigenvalue weighted by atomic mass is 10.2. The topological polar surface area (TPSA) is 78.4 Å². The van der Waals surface area contributed by atoms with E-state index in [9.17, 15) is 9.59 Å². The van der Waals surface area contributed by atoms with Crippen molar-refractivity contribution in [2.24, 2.45) is 0 Å². The minimum absolute atomic E-state index is 0.0237. The van der Waals surface area contributed by atoms with E-state index in [1.165, 1.54) is 0 Å². The van der Waals surface area contributed by atoms with Crippen molar-refractivity contribution < 1.29 is 9.59 Å². The van der Waals surface area contributed by atoms with Crippen molar-refractivity contribution in [3.05, 3.63) is 54.0 Å². The van der Waals surface area contributed by atoms with Gasteiger partial charge in [-0.15, -0.1) is 0 Å². The van der Waals surface area contributed by atoms with Crippen LogP contribution in [0.1, 0.15) is 29.3 Å². The number of nitrogens with one attached hydrogen (secondary N) is 1. The van der Waals surface area contributed by atoms with Gasteiger partial charge in [0.15, 0.2) is 0 Å². The Hall–Kier alpha value is -2.96. The van der Waals surface area contributed by atoms with E-state index in [4.69, 9.17) is 0 Å². The van der Waals surface area contributed by atoms with Crippen molar-refractivity contribution in [3.63, 3.8) is 0 Å². The van der Waals surface area contributed by atoms with E-state index in [2.05, 4.69) is 15.3 Å². The molecular weight excluding hydrogens is 330 g/mol. The molecule has 0 bridgehead atoms. The van der Waals surface area contributed by atoms with Crippen molar-refractivity contribution in [1.82, 2.24) is 19.8 Å². The van der Waals surface area contributed by atoms with Gasteiger partial charge in [0.05, 0.1) is 11.6 Å². The summed E-state index contributed by atoms with van der Waals surface area (Å²) in [5.74, 6) is 0.696. The molecular formula is C19H23N5O2. The number of hydrogen-bond acceptors (Lipinski definition) is 5. The van der Waals surface area contributed by atoms with Crippen LogP contribution < -0.4 is 5.32 Å². The van der Waals surface area contributed by atoms with Crippen LogP contribution in [0.25, 0.3) is 0 Å². The number of likely N-dealkylation sites (tertiary alicyclic amines) is 1. The van der Waals surface area contributed by atoms with Gasteiger partial charge in [0.1, 0.15) is 5.82 Å². The van der Waals surface area contributed by atoms with Crippen LogP contribution in [0.5, 0.6) is 0 Å². The van der Waals surface area contributed by atoms with Crippen LogP contribution in [-0.4, -0.2) is 57.8 Å². The van der Waals surface area contributed by atoms with Crippen LogP contribution in [-0.2, 0) is 11.3 Å². The number of pyridine rings is 2. The molecule has 2 amide bonds. The standard InChI is InChI=1S/C19H23N5O2/c1-14(25)23(2)17-7-10-24(13-17)19(26)16-3-4-18(22-12-16)21-11-15-5-8-20-9-6-15/h3-6,8-9,12,17H,7,10-11,13H2,1-2H3,(H,21,22)/t17-/m0/s1. The van der Waals surface area contributed by atoms with Crippen LogP contribution in [0.3, 0.4) is 0 Å². The van der Waals surface area contributed by atoms with Gasteiger partial charge in [0.25, 0.3) is 5.91 Å². The SMILES string of the molecule is CC(=O)N(C)[C@H]1CCN(C(=O)c2ccc(NCc3ccncc3)nc2)C1. The Morgan fingerprint density at radius 1 is 1.27 bits per heavy atom. The fourth-order valence-corrected chi connectivity index (χ4v) is 3.00. The Balaban J connectivity index is 1.56. The Morgan fingerprint density at radius 2 is 2.04 bits per heavy atom. The highest BCUT2D eigenvalue weighted by Crippen LogP contribution is 2.18. The monoisotopic (exact) mass is 353 g/mol. The molecule has 0 aromatic carbocycles. The third-order valence-electron chi connectivity index (χ3n) is 4.73. The summed E-state index contributed by atoms with van der Waals surface area (Å²) < 4.78 is 0. The normalized spacial score (nSPS) is 16.4. The Kier molecular flexibility index (Phi) is 5.46. The maximum Gasteiger partial charge on any atom is 0.255 e. The first-order valence-corrected chi connectivity index (χ1v) is 8.66. The molecule has 1 aliphatic heterocycles. The first-order valence-electron chi connectivity index (χ1n) is 8.66.